The first-order chi connectivity index (χ1) is 13.0. The molecule has 0 spiro atoms. The van der Waals surface area contributed by atoms with Gasteiger partial charge in [-0.2, -0.15) is 0 Å². The van der Waals surface area contributed by atoms with Crippen molar-refractivity contribution in [2.24, 2.45) is 0 Å². The van der Waals surface area contributed by atoms with Crippen LogP contribution in [0, 0.1) is 13.8 Å². The predicted octanol–water partition coefficient (Wildman–Crippen LogP) is 3.01. The summed E-state index contributed by atoms with van der Waals surface area (Å²) in [5, 5.41) is 0. The molecule has 0 atom stereocenters. The number of hydrogen-bond donors (Lipinski definition) is 0. The highest BCUT2D eigenvalue weighted by Crippen LogP contribution is 2.23. The molecule has 2 amide bonds. The number of carbonyl (C=O) groups excluding carboxylic acids is 2. The monoisotopic (exact) mass is 365 g/mol. The van der Waals surface area contributed by atoms with Crippen LogP contribution < -0.4 is 9.80 Å². The van der Waals surface area contributed by atoms with Crippen LogP contribution in [-0.2, 0) is 9.59 Å². The third-order valence-corrected chi connectivity index (χ3v) is 5.29. The lowest BCUT2D eigenvalue weighted by molar-refractivity contribution is -0.131. The van der Waals surface area contributed by atoms with E-state index in [1.165, 1.54) is 12.6 Å². The predicted molar refractivity (Wildman–Crippen MR) is 109 cm³/mol. The average molecular weight is 365 g/mol. The van der Waals surface area contributed by atoms with Crippen molar-refractivity contribution in [3.8, 4) is 0 Å². The van der Waals surface area contributed by atoms with Crippen molar-refractivity contribution in [3.63, 3.8) is 0 Å². The second-order valence-corrected chi connectivity index (χ2v) is 7.03. The SMILES string of the molecule is CC(=O)N(CC(=O)N1CCN(c2ccccc2)CC1)c1cccc(C)c1C. The fourth-order valence-corrected chi connectivity index (χ4v) is 3.48. The largest absolute Gasteiger partial charge is 0.368 e. The minimum absolute atomic E-state index is 0.00109. The van der Waals surface area contributed by atoms with E-state index in [4.69, 9.17) is 0 Å². The lowest BCUT2D eigenvalue weighted by Crippen LogP contribution is -2.52. The molecule has 2 aromatic rings. The van der Waals surface area contributed by atoms with Crippen LogP contribution in [0.2, 0.25) is 0 Å². The zero-order chi connectivity index (χ0) is 19.4. The molecular formula is C22H27N3O2. The fraction of sp³-hybridized carbons (Fsp3) is 0.364. The van der Waals surface area contributed by atoms with Gasteiger partial charge in [-0.15, -0.1) is 0 Å². The molecule has 0 radical (unpaired) electrons. The molecule has 27 heavy (non-hydrogen) atoms. The van der Waals surface area contributed by atoms with Crippen LogP contribution in [0.1, 0.15) is 18.1 Å². The number of carbonyl (C=O) groups is 2. The highest BCUT2D eigenvalue weighted by molar-refractivity contribution is 5.98. The third kappa shape index (κ3) is 4.30. The third-order valence-electron chi connectivity index (χ3n) is 5.29. The van der Waals surface area contributed by atoms with E-state index >= 15 is 0 Å². The van der Waals surface area contributed by atoms with Gasteiger partial charge in [0, 0.05) is 44.5 Å². The van der Waals surface area contributed by atoms with E-state index < -0.39 is 0 Å². The van der Waals surface area contributed by atoms with Crippen LogP contribution in [0.25, 0.3) is 0 Å². The quantitative estimate of drug-likeness (QED) is 0.837. The molecule has 0 saturated carbocycles. The van der Waals surface area contributed by atoms with Gasteiger partial charge in [0.2, 0.25) is 11.8 Å². The van der Waals surface area contributed by atoms with Crippen molar-refractivity contribution in [2.75, 3.05) is 42.5 Å². The van der Waals surface area contributed by atoms with E-state index in [1.807, 2.05) is 55.1 Å². The Balaban J connectivity index is 1.65. The van der Waals surface area contributed by atoms with E-state index in [0.717, 1.165) is 29.9 Å². The number of anilines is 2. The lowest BCUT2D eigenvalue weighted by Gasteiger charge is -2.37. The Hall–Kier alpha value is -2.82. The summed E-state index contributed by atoms with van der Waals surface area (Å²) in [6.45, 7) is 8.57. The number of aryl methyl sites for hydroxylation is 1. The van der Waals surface area contributed by atoms with Gasteiger partial charge >= 0.3 is 0 Å². The number of amides is 2. The van der Waals surface area contributed by atoms with Gasteiger partial charge in [-0.05, 0) is 43.2 Å². The highest BCUT2D eigenvalue weighted by Gasteiger charge is 2.25. The second kappa shape index (κ2) is 8.25. The van der Waals surface area contributed by atoms with Gasteiger partial charge in [0.25, 0.3) is 0 Å². The molecule has 0 unspecified atom stereocenters. The van der Waals surface area contributed by atoms with Gasteiger partial charge in [0.05, 0.1) is 0 Å². The van der Waals surface area contributed by atoms with Gasteiger partial charge in [-0.3, -0.25) is 9.59 Å². The van der Waals surface area contributed by atoms with Crippen LogP contribution in [0.15, 0.2) is 48.5 Å². The van der Waals surface area contributed by atoms with E-state index in [-0.39, 0.29) is 18.4 Å². The van der Waals surface area contributed by atoms with E-state index in [9.17, 15) is 9.59 Å². The number of nitrogens with zero attached hydrogens (tertiary/aromatic N) is 3. The Morgan fingerprint density at radius 2 is 1.59 bits per heavy atom. The topological polar surface area (TPSA) is 43.9 Å². The molecule has 0 bridgehead atoms. The first-order valence-electron chi connectivity index (χ1n) is 9.39. The first kappa shape index (κ1) is 19.0. The minimum Gasteiger partial charge on any atom is -0.368 e. The first-order valence-corrected chi connectivity index (χ1v) is 9.39. The van der Waals surface area contributed by atoms with Crippen molar-refractivity contribution in [3.05, 3.63) is 59.7 Å². The molecular weight excluding hydrogens is 338 g/mol. The maximum Gasteiger partial charge on any atom is 0.242 e. The highest BCUT2D eigenvalue weighted by atomic mass is 16.2. The van der Waals surface area contributed by atoms with Gasteiger partial charge in [-0.1, -0.05) is 30.3 Å². The standard InChI is InChI=1S/C22H27N3O2/c1-17-8-7-11-21(18(17)2)25(19(3)26)16-22(27)24-14-12-23(13-15-24)20-9-5-4-6-10-20/h4-11H,12-16H2,1-3H3. The van der Waals surface area contributed by atoms with Gasteiger partial charge in [0.15, 0.2) is 0 Å². The average Bonchev–Trinajstić information content (AvgIpc) is 2.69. The van der Waals surface area contributed by atoms with Gasteiger partial charge in [-0.25, -0.2) is 0 Å². The number of piperazine rings is 1. The summed E-state index contributed by atoms with van der Waals surface area (Å²) < 4.78 is 0. The number of rotatable bonds is 4. The molecule has 2 aromatic carbocycles. The number of hydrogen-bond acceptors (Lipinski definition) is 3. The van der Waals surface area contributed by atoms with E-state index in [0.29, 0.717) is 13.1 Å². The van der Waals surface area contributed by atoms with Crippen LogP contribution in [0.5, 0.6) is 0 Å². The Kier molecular flexibility index (Phi) is 5.79. The summed E-state index contributed by atoms with van der Waals surface area (Å²) in [5.41, 5.74) is 4.15. The summed E-state index contributed by atoms with van der Waals surface area (Å²) in [5.74, 6) is -0.112. The van der Waals surface area contributed by atoms with Crippen molar-refractivity contribution < 1.29 is 9.59 Å². The maximum atomic E-state index is 12.8. The van der Waals surface area contributed by atoms with Crippen LogP contribution >= 0.6 is 0 Å². The van der Waals surface area contributed by atoms with Gasteiger partial charge in [0.1, 0.15) is 6.54 Å². The summed E-state index contributed by atoms with van der Waals surface area (Å²) in [7, 11) is 0. The Bertz CT molecular complexity index is 812. The summed E-state index contributed by atoms with van der Waals surface area (Å²) in [4.78, 5) is 30.8. The molecule has 1 aliphatic rings. The summed E-state index contributed by atoms with van der Waals surface area (Å²) in [6.07, 6.45) is 0. The van der Waals surface area contributed by atoms with Crippen molar-refractivity contribution in [1.82, 2.24) is 4.90 Å². The molecule has 1 aliphatic heterocycles. The normalized spacial score (nSPS) is 14.2. The van der Waals surface area contributed by atoms with Crippen LogP contribution in [-0.4, -0.2) is 49.4 Å². The lowest BCUT2D eigenvalue weighted by atomic mass is 10.1. The molecule has 0 aliphatic carbocycles. The maximum absolute atomic E-state index is 12.8. The molecule has 3 rings (SSSR count). The molecule has 1 saturated heterocycles. The molecule has 1 fully saturated rings. The summed E-state index contributed by atoms with van der Waals surface area (Å²) >= 11 is 0. The zero-order valence-electron chi connectivity index (χ0n) is 16.3. The van der Waals surface area contributed by atoms with Crippen LogP contribution in [0.4, 0.5) is 11.4 Å². The Morgan fingerprint density at radius 3 is 2.22 bits per heavy atom. The summed E-state index contributed by atoms with van der Waals surface area (Å²) in [6, 6.07) is 16.1. The fourth-order valence-electron chi connectivity index (χ4n) is 3.48. The van der Waals surface area contributed by atoms with Crippen molar-refractivity contribution in [2.45, 2.75) is 20.8 Å². The molecule has 5 nitrogen and oxygen atoms in total. The molecule has 5 heteroatoms. The number of para-hydroxylation sites is 1. The molecule has 0 aromatic heterocycles. The molecule has 142 valence electrons. The Morgan fingerprint density at radius 1 is 0.926 bits per heavy atom. The molecule has 0 N–H and O–H groups in total. The van der Waals surface area contributed by atoms with Crippen molar-refractivity contribution >= 4 is 23.2 Å². The van der Waals surface area contributed by atoms with Gasteiger partial charge < -0.3 is 14.7 Å². The number of benzene rings is 2. The Labute approximate surface area is 161 Å². The zero-order valence-corrected chi connectivity index (χ0v) is 16.3. The smallest absolute Gasteiger partial charge is 0.242 e. The van der Waals surface area contributed by atoms with Crippen molar-refractivity contribution in [1.29, 1.82) is 0 Å². The van der Waals surface area contributed by atoms with E-state index in [2.05, 4.69) is 17.0 Å². The van der Waals surface area contributed by atoms with Crippen LogP contribution in [0.3, 0.4) is 0 Å². The minimum atomic E-state index is -0.111. The molecule has 1 heterocycles. The van der Waals surface area contributed by atoms with E-state index in [1.54, 1.807) is 4.90 Å². The second-order valence-electron chi connectivity index (χ2n) is 7.03.